The zero-order valence-corrected chi connectivity index (χ0v) is 12.0. The molecule has 2 unspecified atom stereocenters. The van der Waals surface area contributed by atoms with E-state index >= 15 is 0 Å². The Morgan fingerprint density at radius 1 is 1.45 bits per heavy atom. The Labute approximate surface area is 118 Å². The number of carbonyl (C=O) groups excluding carboxylic acids is 1. The largest absolute Gasteiger partial charge is 0.464 e. The van der Waals surface area contributed by atoms with Crippen molar-refractivity contribution in [2.75, 3.05) is 27.3 Å². The van der Waals surface area contributed by atoms with E-state index in [9.17, 15) is 4.79 Å². The van der Waals surface area contributed by atoms with Crippen LogP contribution in [0.4, 0.5) is 0 Å². The van der Waals surface area contributed by atoms with Crippen LogP contribution >= 0.6 is 0 Å². The normalized spacial score (nSPS) is 23.2. The predicted octanol–water partition coefficient (Wildman–Crippen LogP) is 0.0371. The molecule has 1 aliphatic rings. The number of hydrogen-bond acceptors (Lipinski definition) is 6. The molecule has 1 aliphatic heterocycles. The zero-order valence-electron chi connectivity index (χ0n) is 12.0. The quantitative estimate of drug-likeness (QED) is 0.450. The summed E-state index contributed by atoms with van der Waals surface area (Å²) in [7, 11) is 3.36. The van der Waals surface area contributed by atoms with Gasteiger partial charge in [0.2, 0.25) is 0 Å². The van der Waals surface area contributed by atoms with Gasteiger partial charge in [-0.05, 0) is 13.0 Å². The molecular formula is C13H21N3O4. The fraction of sp³-hybridized carbons (Fsp3) is 0.615. The van der Waals surface area contributed by atoms with Crippen molar-refractivity contribution >= 4 is 5.91 Å². The second-order valence-electron chi connectivity index (χ2n) is 4.90. The summed E-state index contributed by atoms with van der Waals surface area (Å²) >= 11 is 0. The highest BCUT2D eigenvalue weighted by atomic mass is 16.5. The first-order valence-corrected chi connectivity index (χ1v) is 6.47. The second-order valence-corrected chi connectivity index (χ2v) is 4.90. The van der Waals surface area contributed by atoms with Crippen molar-refractivity contribution in [3.63, 3.8) is 0 Å². The van der Waals surface area contributed by atoms with Crippen molar-refractivity contribution in [2.45, 2.75) is 25.7 Å². The summed E-state index contributed by atoms with van der Waals surface area (Å²) in [6.07, 6.45) is 0.116. The summed E-state index contributed by atoms with van der Waals surface area (Å²) in [5, 5.41) is 0. The first kappa shape index (κ1) is 15.0. The Kier molecular flexibility index (Phi) is 4.77. The molecule has 3 N–H and O–H groups in total. The van der Waals surface area contributed by atoms with Crippen LogP contribution in [0.5, 0.6) is 0 Å². The van der Waals surface area contributed by atoms with Gasteiger partial charge in [0, 0.05) is 27.3 Å². The van der Waals surface area contributed by atoms with Gasteiger partial charge in [-0.15, -0.1) is 0 Å². The summed E-state index contributed by atoms with van der Waals surface area (Å²) < 4.78 is 16.4. The number of likely N-dealkylation sites (tertiary alicyclic amines) is 1. The van der Waals surface area contributed by atoms with Gasteiger partial charge in [0.1, 0.15) is 11.5 Å². The Hall–Kier alpha value is -1.41. The molecule has 1 aromatic heterocycles. The van der Waals surface area contributed by atoms with E-state index in [0.717, 1.165) is 18.8 Å². The van der Waals surface area contributed by atoms with Crippen molar-refractivity contribution < 1.29 is 18.7 Å². The number of ether oxygens (including phenoxy) is 2. The van der Waals surface area contributed by atoms with E-state index in [0.29, 0.717) is 17.9 Å². The van der Waals surface area contributed by atoms with E-state index in [1.54, 1.807) is 27.2 Å². The maximum atomic E-state index is 11.5. The molecule has 7 nitrogen and oxygen atoms in total. The standard InChI is InChI=1S/C13H21N3O4/c1-8-10(13(17)15-14)4-9(20-8)5-16-6-11(18-2)12(7-16)19-3/h4,11-12H,5-7,14H2,1-3H3,(H,15,17). The van der Waals surface area contributed by atoms with Crippen LogP contribution in [-0.4, -0.2) is 50.3 Å². The van der Waals surface area contributed by atoms with Crippen LogP contribution in [0.1, 0.15) is 21.9 Å². The van der Waals surface area contributed by atoms with Crippen molar-refractivity contribution in [3.8, 4) is 0 Å². The van der Waals surface area contributed by atoms with E-state index in [2.05, 4.69) is 10.3 Å². The average Bonchev–Trinajstić information content (AvgIpc) is 3.01. The summed E-state index contributed by atoms with van der Waals surface area (Å²) in [6, 6.07) is 1.72. The molecule has 0 aliphatic carbocycles. The molecule has 1 aromatic rings. The smallest absolute Gasteiger partial charge is 0.268 e. The fourth-order valence-corrected chi connectivity index (χ4v) is 2.55. The van der Waals surface area contributed by atoms with Gasteiger partial charge in [0.15, 0.2) is 0 Å². The SMILES string of the molecule is COC1CN(Cc2cc(C(=O)NN)c(C)o2)CC1OC. The molecule has 20 heavy (non-hydrogen) atoms. The lowest BCUT2D eigenvalue weighted by atomic mass is 10.2. The van der Waals surface area contributed by atoms with Gasteiger partial charge in [-0.25, -0.2) is 5.84 Å². The number of methoxy groups -OCH3 is 2. The van der Waals surface area contributed by atoms with Crippen molar-refractivity contribution in [1.29, 1.82) is 0 Å². The van der Waals surface area contributed by atoms with Crippen molar-refractivity contribution in [1.82, 2.24) is 10.3 Å². The molecule has 0 bridgehead atoms. The maximum absolute atomic E-state index is 11.5. The summed E-state index contributed by atoms with van der Waals surface area (Å²) in [5.74, 6) is 6.08. The molecule has 112 valence electrons. The number of nitrogen functional groups attached to an aromatic ring is 1. The third kappa shape index (κ3) is 3.01. The number of furan rings is 1. The lowest BCUT2D eigenvalue weighted by Gasteiger charge is -2.13. The minimum atomic E-state index is -0.344. The summed E-state index contributed by atoms with van der Waals surface area (Å²) in [4.78, 5) is 13.7. The van der Waals surface area contributed by atoms with E-state index < -0.39 is 0 Å². The number of aryl methyl sites for hydroxylation is 1. The number of carbonyl (C=O) groups is 1. The average molecular weight is 283 g/mol. The van der Waals surface area contributed by atoms with Gasteiger partial charge in [0.25, 0.3) is 5.91 Å². The van der Waals surface area contributed by atoms with Gasteiger partial charge >= 0.3 is 0 Å². The van der Waals surface area contributed by atoms with E-state index in [-0.39, 0.29) is 18.1 Å². The van der Waals surface area contributed by atoms with Crippen LogP contribution in [0.2, 0.25) is 0 Å². The van der Waals surface area contributed by atoms with Crippen LogP contribution in [-0.2, 0) is 16.0 Å². The number of nitrogens with one attached hydrogen (secondary N) is 1. The van der Waals surface area contributed by atoms with Gasteiger partial charge in [-0.2, -0.15) is 0 Å². The van der Waals surface area contributed by atoms with Crippen LogP contribution in [0, 0.1) is 6.92 Å². The van der Waals surface area contributed by atoms with Crippen molar-refractivity contribution in [2.24, 2.45) is 5.84 Å². The third-order valence-corrected chi connectivity index (χ3v) is 3.62. The minimum absolute atomic E-state index is 0.0582. The van der Waals surface area contributed by atoms with Gasteiger partial charge in [-0.1, -0.05) is 0 Å². The predicted molar refractivity (Wildman–Crippen MR) is 72.0 cm³/mol. The Bertz CT molecular complexity index is 462. The van der Waals surface area contributed by atoms with E-state index in [4.69, 9.17) is 19.7 Å². The van der Waals surface area contributed by atoms with Crippen LogP contribution in [0.15, 0.2) is 10.5 Å². The third-order valence-electron chi connectivity index (χ3n) is 3.62. The summed E-state index contributed by atoms with van der Waals surface area (Å²) in [6.45, 7) is 3.90. The zero-order chi connectivity index (χ0) is 14.7. The Balaban J connectivity index is 2.03. The lowest BCUT2D eigenvalue weighted by Crippen LogP contribution is -2.30. The van der Waals surface area contributed by atoms with Crippen molar-refractivity contribution in [3.05, 3.63) is 23.2 Å². The number of hydrazine groups is 1. The molecule has 2 heterocycles. The number of hydrogen-bond donors (Lipinski definition) is 2. The molecule has 2 rings (SSSR count). The second kappa shape index (κ2) is 6.36. The monoisotopic (exact) mass is 283 g/mol. The molecule has 1 fully saturated rings. The topological polar surface area (TPSA) is 90.0 Å². The minimum Gasteiger partial charge on any atom is -0.464 e. The van der Waals surface area contributed by atoms with Crippen LogP contribution < -0.4 is 11.3 Å². The molecule has 1 saturated heterocycles. The summed E-state index contributed by atoms with van der Waals surface area (Å²) in [5.41, 5.74) is 2.57. The fourth-order valence-electron chi connectivity index (χ4n) is 2.55. The first-order valence-electron chi connectivity index (χ1n) is 6.47. The number of amides is 1. The number of nitrogens with two attached hydrogens (primary N) is 1. The molecule has 0 radical (unpaired) electrons. The van der Waals surface area contributed by atoms with Gasteiger partial charge < -0.3 is 13.9 Å². The van der Waals surface area contributed by atoms with Gasteiger partial charge in [-0.3, -0.25) is 15.1 Å². The van der Waals surface area contributed by atoms with Crippen LogP contribution in [0.3, 0.4) is 0 Å². The van der Waals surface area contributed by atoms with Gasteiger partial charge in [0.05, 0.1) is 24.3 Å². The molecule has 0 saturated carbocycles. The molecule has 1 amide bonds. The maximum Gasteiger partial charge on any atom is 0.268 e. The highest BCUT2D eigenvalue weighted by Crippen LogP contribution is 2.21. The first-order chi connectivity index (χ1) is 9.58. The highest BCUT2D eigenvalue weighted by Gasteiger charge is 2.33. The Morgan fingerprint density at radius 2 is 2.05 bits per heavy atom. The molecule has 0 aromatic carbocycles. The number of nitrogens with zero attached hydrogens (tertiary/aromatic N) is 1. The lowest BCUT2D eigenvalue weighted by molar-refractivity contribution is -0.00461. The van der Waals surface area contributed by atoms with Crippen LogP contribution in [0.25, 0.3) is 0 Å². The molecule has 0 spiro atoms. The molecular weight excluding hydrogens is 262 g/mol. The number of rotatable bonds is 5. The Morgan fingerprint density at radius 3 is 2.55 bits per heavy atom. The molecule has 7 heteroatoms. The van der Waals surface area contributed by atoms with E-state index in [1.807, 2.05) is 0 Å². The molecule has 2 atom stereocenters. The van der Waals surface area contributed by atoms with E-state index in [1.165, 1.54) is 0 Å². The highest BCUT2D eigenvalue weighted by molar-refractivity contribution is 5.94.